The molecular weight excluding hydrogens is 356 g/mol. The van der Waals surface area contributed by atoms with Crippen molar-refractivity contribution in [2.75, 3.05) is 25.0 Å². The molecular formula is C19H23ClN2O2S. The molecule has 1 unspecified atom stereocenters. The summed E-state index contributed by atoms with van der Waals surface area (Å²) < 4.78 is 5.75. The quantitative estimate of drug-likeness (QED) is 0.779. The van der Waals surface area contributed by atoms with Crippen LogP contribution in [0.1, 0.15) is 23.3 Å². The van der Waals surface area contributed by atoms with Gasteiger partial charge in [0.25, 0.3) is 0 Å². The van der Waals surface area contributed by atoms with Crippen LogP contribution in [0.15, 0.2) is 35.7 Å². The van der Waals surface area contributed by atoms with E-state index < -0.39 is 0 Å². The molecule has 2 aromatic rings. The van der Waals surface area contributed by atoms with Crippen LogP contribution in [0.25, 0.3) is 0 Å². The van der Waals surface area contributed by atoms with E-state index in [9.17, 15) is 4.79 Å². The van der Waals surface area contributed by atoms with Gasteiger partial charge in [0.05, 0.1) is 12.6 Å². The molecule has 1 aliphatic heterocycles. The van der Waals surface area contributed by atoms with E-state index >= 15 is 0 Å². The average molecular weight is 379 g/mol. The number of carbonyl (C=O) groups excluding carboxylic acids is 1. The number of amides is 1. The lowest BCUT2D eigenvalue weighted by Crippen LogP contribution is -2.37. The molecule has 1 N–H and O–H groups in total. The van der Waals surface area contributed by atoms with Gasteiger partial charge in [0, 0.05) is 35.3 Å². The van der Waals surface area contributed by atoms with E-state index in [2.05, 4.69) is 21.7 Å². The summed E-state index contributed by atoms with van der Waals surface area (Å²) in [5.41, 5.74) is 1.66. The molecule has 6 heteroatoms. The minimum Gasteiger partial charge on any atom is -0.377 e. The molecule has 1 aromatic carbocycles. The van der Waals surface area contributed by atoms with E-state index in [1.54, 1.807) is 11.3 Å². The van der Waals surface area contributed by atoms with Gasteiger partial charge in [-0.3, -0.25) is 9.69 Å². The van der Waals surface area contributed by atoms with Gasteiger partial charge in [-0.15, -0.1) is 11.3 Å². The Hall–Kier alpha value is -1.40. The summed E-state index contributed by atoms with van der Waals surface area (Å²) in [5, 5.41) is 5.71. The number of benzene rings is 1. The Morgan fingerprint density at radius 2 is 2.28 bits per heavy atom. The second-order valence-corrected chi connectivity index (χ2v) is 7.78. The zero-order chi connectivity index (χ0) is 17.6. The number of nitrogens with one attached hydrogen (secondary N) is 1. The largest absolute Gasteiger partial charge is 0.377 e. The Kier molecular flexibility index (Phi) is 6.48. The van der Waals surface area contributed by atoms with Crippen LogP contribution in [0.5, 0.6) is 0 Å². The number of nitrogens with zero attached hydrogens (tertiary/aromatic N) is 1. The lowest BCUT2D eigenvalue weighted by Gasteiger charge is -2.24. The summed E-state index contributed by atoms with van der Waals surface area (Å²) >= 11 is 7.85. The predicted molar refractivity (Wildman–Crippen MR) is 103 cm³/mol. The molecule has 0 spiro atoms. The van der Waals surface area contributed by atoms with Gasteiger partial charge in [0.1, 0.15) is 0 Å². The third-order valence-corrected chi connectivity index (χ3v) is 5.62. The van der Waals surface area contributed by atoms with Crippen molar-refractivity contribution >= 4 is 34.5 Å². The molecule has 0 saturated carbocycles. The molecule has 1 atom stereocenters. The Morgan fingerprint density at radius 1 is 1.40 bits per heavy atom. The maximum Gasteiger partial charge on any atom is 0.238 e. The standard InChI is InChI=1S/C19H23ClN2O2S/c1-14-17(20)7-2-8-18(14)21-19(23)13-22(11-15-5-3-9-24-15)12-16-6-4-10-25-16/h2,4,6-8,10,15H,3,5,9,11-13H2,1H3,(H,21,23). The molecule has 2 heterocycles. The van der Waals surface area contributed by atoms with Gasteiger partial charge < -0.3 is 10.1 Å². The molecule has 4 nitrogen and oxygen atoms in total. The molecule has 0 aliphatic carbocycles. The van der Waals surface area contributed by atoms with Gasteiger partial charge in [-0.05, 0) is 48.9 Å². The zero-order valence-electron chi connectivity index (χ0n) is 14.3. The Balaban J connectivity index is 1.63. The number of thiophene rings is 1. The molecule has 1 fully saturated rings. The van der Waals surface area contributed by atoms with E-state index in [0.717, 1.165) is 43.8 Å². The normalized spacial score (nSPS) is 17.2. The molecule has 1 aliphatic rings. The van der Waals surface area contributed by atoms with Crippen molar-refractivity contribution in [2.24, 2.45) is 0 Å². The van der Waals surface area contributed by atoms with E-state index in [1.807, 2.05) is 31.2 Å². The molecule has 25 heavy (non-hydrogen) atoms. The maximum atomic E-state index is 12.6. The highest BCUT2D eigenvalue weighted by Gasteiger charge is 2.21. The summed E-state index contributed by atoms with van der Waals surface area (Å²) in [6.45, 7) is 4.61. The highest BCUT2D eigenvalue weighted by Crippen LogP contribution is 2.23. The molecule has 1 amide bonds. The van der Waals surface area contributed by atoms with Crippen LogP contribution < -0.4 is 5.32 Å². The summed E-state index contributed by atoms with van der Waals surface area (Å²) in [6, 6.07) is 9.70. The minimum absolute atomic E-state index is 0.0279. The Labute approximate surface area is 157 Å². The lowest BCUT2D eigenvalue weighted by molar-refractivity contribution is -0.117. The van der Waals surface area contributed by atoms with Crippen molar-refractivity contribution < 1.29 is 9.53 Å². The first-order valence-electron chi connectivity index (χ1n) is 8.53. The lowest BCUT2D eigenvalue weighted by atomic mass is 10.2. The number of anilines is 1. The fraction of sp³-hybridized carbons (Fsp3) is 0.421. The number of hydrogen-bond donors (Lipinski definition) is 1. The van der Waals surface area contributed by atoms with Gasteiger partial charge in [-0.25, -0.2) is 0 Å². The summed E-state index contributed by atoms with van der Waals surface area (Å²) in [7, 11) is 0. The highest BCUT2D eigenvalue weighted by molar-refractivity contribution is 7.09. The molecule has 134 valence electrons. The molecule has 3 rings (SSSR count). The van der Waals surface area contributed by atoms with Crippen molar-refractivity contribution in [1.29, 1.82) is 0 Å². The van der Waals surface area contributed by atoms with Gasteiger partial charge in [-0.2, -0.15) is 0 Å². The minimum atomic E-state index is -0.0279. The third kappa shape index (κ3) is 5.28. The third-order valence-electron chi connectivity index (χ3n) is 4.35. The van der Waals surface area contributed by atoms with Crippen LogP contribution in [0.2, 0.25) is 5.02 Å². The summed E-state index contributed by atoms with van der Waals surface area (Å²) in [4.78, 5) is 16.0. The van der Waals surface area contributed by atoms with Gasteiger partial charge in [0.15, 0.2) is 0 Å². The fourth-order valence-electron chi connectivity index (χ4n) is 3.02. The van der Waals surface area contributed by atoms with Gasteiger partial charge in [-0.1, -0.05) is 23.7 Å². The first-order valence-corrected chi connectivity index (χ1v) is 9.79. The topological polar surface area (TPSA) is 41.6 Å². The number of carbonyl (C=O) groups is 1. The number of hydrogen-bond acceptors (Lipinski definition) is 4. The van der Waals surface area contributed by atoms with Gasteiger partial charge >= 0.3 is 0 Å². The Bertz CT molecular complexity index is 699. The maximum absolute atomic E-state index is 12.6. The smallest absolute Gasteiger partial charge is 0.238 e. The molecule has 1 aromatic heterocycles. The van der Waals surface area contributed by atoms with E-state index in [1.165, 1.54) is 4.88 Å². The van der Waals surface area contributed by atoms with Crippen molar-refractivity contribution in [1.82, 2.24) is 4.90 Å². The molecule has 1 saturated heterocycles. The van der Waals surface area contributed by atoms with Crippen molar-refractivity contribution in [2.45, 2.75) is 32.4 Å². The van der Waals surface area contributed by atoms with Crippen LogP contribution in [0.3, 0.4) is 0 Å². The van der Waals surface area contributed by atoms with Crippen LogP contribution in [-0.2, 0) is 16.1 Å². The summed E-state index contributed by atoms with van der Waals surface area (Å²) in [6.07, 6.45) is 2.39. The van der Waals surface area contributed by atoms with Crippen LogP contribution in [0, 0.1) is 6.92 Å². The summed E-state index contributed by atoms with van der Waals surface area (Å²) in [5.74, 6) is -0.0279. The highest BCUT2D eigenvalue weighted by atomic mass is 35.5. The zero-order valence-corrected chi connectivity index (χ0v) is 15.9. The molecule has 0 bridgehead atoms. The van der Waals surface area contributed by atoms with Crippen LogP contribution in [0.4, 0.5) is 5.69 Å². The van der Waals surface area contributed by atoms with E-state index in [0.29, 0.717) is 11.6 Å². The average Bonchev–Trinajstić information content (AvgIpc) is 3.26. The van der Waals surface area contributed by atoms with Crippen molar-refractivity contribution in [3.05, 3.63) is 51.2 Å². The first-order chi connectivity index (χ1) is 12.1. The van der Waals surface area contributed by atoms with Crippen molar-refractivity contribution in [3.63, 3.8) is 0 Å². The number of halogens is 1. The van der Waals surface area contributed by atoms with E-state index in [4.69, 9.17) is 16.3 Å². The monoisotopic (exact) mass is 378 g/mol. The van der Waals surface area contributed by atoms with E-state index in [-0.39, 0.29) is 12.0 Å². The number of ether oxygens (including phenoxy) is 1. The first kappa shape index (κ1) is 18.4. The van der Waals surface area contributed by atoms with Crippen LogP contribution >= 0.6 is 22.9 Å². The SMILES string of the molecule is Cc1c(Cl)cccc1NC(=O)CN(Cc1cccs1)CC1CCCO1. The van der Waals surface area contributed by atoms with Crippen LogP contribution in [-0.4, -0.2) is 36.6 Å². The fourth-order valence-corrected chi connectivity index (χ4v) is 3.94. The molecule has 0 radical (unpaired) electrons. The number of rotatable bonds is 7. The second kappa shape index (κ2) is 8.81. The predicted octanol–water partition coefficient (Wildman–Crippen LogP) is 4.33. The Morgan fingerprint density at radius 3 is 3.00 bits per heavy atom. The second-order valence-electron chi connectivity index (χ2n) is 6.34. The van der Waals surface area contributed by atoms with Crippen molar-refractivity contribution in [3.8, 4) is 0 Å². The van der Waals surface area contributed by atoms with Gasteiger partial charge in [0.2, 0.25) is 5.91 Å².